The van der Waals surface area contributed by atoms with Crippen LogP contribution in [0, 0.1) is 13.8 Å². The van der Waals surface area contributed by atoms with Crippen molar-refractivity contribution in [3.05, 3.63) is 116 Å². The van der Waals surface area contributed by atoms with Crippen LogP contribution in [0.5, 0.6) is 5.75 Å². The summed E-state index contributed by atoms with van der Waals surface area (Å²) in [5.74, 6) is -0.718. The summed E-state index contributed by atoms with van der Waals surface area (Å²) in [6.45, 7) is 4.20. The largest absolute Gasteiger partial charge is 0.489 e. The topological polar surface area (TPSA) is 80.6 Å². The smallest absolute Gasteiger partial charge is 0.335 e. The molecule has 0 atom stereocenters. The molecule has 1 aliphatic heterocycles. The first kappa shape index (κ1) is 26.5. The number of nitrogens with zero attached hydrogens (tertiary/aromatic N) is 2. The van der Waals surface area contributed by atoms with Crippen LogP contribution in [-0.4, -0.2) is 22.4 Å². The van der Waals surface area contributed by atoms with Crippen LogP contribution < -0.4 is 15.0 Å². The van der Waals surface area contributed by atoms with Gasteiger partial charge in [-0.2, -0.15) is 0 Å². The average molecular weight is 605 g/mol. The van der Waals surface area contributed by atoms with E-state index in [2.05, 4.69) is 21.2 Å². The van der Waals surface area contributed by atoms with Crippen LogP contribution in [0.15, 0.2) is 88.9 Å². The van der Waals surface area contributed by atoms with Crippen LogP contribution in [0.4, 0.5) is 10.5 Å². The predicted molar refractivity (Wildman–Crippen MR) is 154 cm³/mol. The first-order chi connectivity index (χ1) is 18.7. The van der Waals surface area contributed by atoms with Crippen molar-refractivity contribution in [3.63, 3.8) is 0 Å². The van der Waals surface area contributed by atoms with Crippen molar-refractivity contribution < 1.29 is 19.1 Å². The predicted octanol–water partition coefficient (Wildman–Crippen LogP) is 6.76. The zero-order valence-corrected chi connectivity index (χ0v) is 23.4. The molecule has 7 nitrogen and oxygen atoms in total. The van der Waals surface area contributed by atoms with Crippen molar-refractivity contribution in [3.8, 4) is 11.4 Å². The van der Waals surface area contributed by atoms with E-state index in [1.807, 2.05) is 73.0 Å². The Bertz CT molecular complexity index is 1630. The molecule has 4 aromatic rings. The maximum Gasteiger partial charge on any atom is 0.335 e. The van der Waals surface area contributed by atoms with Gasteiger partial charge in [-0.05, 0) is 86.2 Å². The first-order valence-corrected chi connectivity index (χ1v) is 13.2. The second-order valence-corrected chi connectivity index (χ2v) is 10.3. The molecule has 39 heavy (non-hydrogen) atoms. The molecular weight excluding hydrogens is 582 g/mol. The molecule has 5 rings (SSSR count). The van der Waals surface area contributed by atoms with E-state index in [1.165, 1.54) is 6.08 Å². The Morgan fingerprint density at radius 3 is 2.28 bits per heavy atom. The van der Waals surface area contributed by atoms with Gasteiger partial charge in [0.1, 0.15) is 17.9 Å². The monoisotopic (exact) mass is 603 g/mol. The Kier molecular flexibility index (Phi) is 7.41. The molecule has 0 unspecified atom stereocenters. The molecule has 1 saturated heterocycles. The van der Waals surface area contributed by atoms with Gasteiger partial charge in [-0.3, -0.25) is 14.9 Å². The Morgan fingerprint density at radius 2 is 1.59 bits per heavy atom. The van der Waals surface area contributed by atoms with Crippen LogP contribution in [-0.2, 0) is 16.2 Å². The molecule has 3 aromatic carbocycles. The summed E-state index contributed by atoms with van der Waals surface area (Å²) in [5.41, 5.74) is 4.47. The number of carbonyl (C=O) groups is 3. The third-order valence-electron chi connectivity index (χ3n) is 6.40. The Balaban J connectivity index is 1.40. The highest BCUT2D eigenvalue weighted by Gasteiger charge is 2.37. The van der Waals surface area contributed by atoms with Crippen LogP contribution in [0.1, 0.15) is 22.5 Å². The molecule has 0 saturated carbocycles. The number of nitrogens with one attached hydrogen (secondary N) is 1. The molecule has 0 radical (unpaired) electrons. The van der Waals surface area contributed by atoms with E-state index in [0.29, 0.717) is 28.6 Å². The van der Waals surface area contributed by atoms with Gasteiger partial charge in [-0.15, -0.1) is 0 Å². The molecule has 4 amide bonds. The number of amides is 4. The number of aryl methyl sites for hydroxylation is 1. The number of aromatic nitrogens is 1. The van der Waals surface area contributed by atoms with Gasteiger partial charge < -0.3 is 9.30 Å². The highest BCUT2D eigenvalue weighted by Crippen LogP contribution is 2.28. The number of benzene rings is 3. The van der Waals surface area contributed by atoms with E-state index < -0.39 is 17.8 Å². The van der Waals surface area contributed by atoms with Crippen molar-refractivity contribution >= 4 is 57.1 Å². The van der Waals surface area contributed by atoms with Gasteiger partial charge in [-0.1, -0.05) is 45.7 Å². The summed E-state index contributed by atoms with van der Waals surface area (Å²) in [4.78, 5) is 39.4. The number of hydrogen-bond donors (Lipinski definition) is 1. The number of halogens is 2. The van der Waals surface area contributed by atoms with E-state index in [4.69, 9.17) is 16.3 Å². The normalized spacial score (nSPS) is 14.6. The summed E-state index contributed by atoms with van der Waals surface area (Å²) in [7, 11) is 0. The lowest BCUT2D eigenvalue weighted by atomic mass is 10.1. The molecule has 0 bridgehead atoms. The lowest BCUT2D eigenvalue weighted by molar-refractivity contribution is -0.122. The zero-order chi connectivity index (χ0) is 27.7. The number of hydrogen-bond acceptors (Lipinski definition) is 4. The van der Waals surface area contributed by atoms with Gasteiger partial charge in [0.25, 0.3) is 11.8 Å². The second-order valence-electron chi connectivity index (χ2n) is 8.97. The summed E-state index contributed by atoms with van der Waals surface area (Å²) >= 11 is 9.56. The van der Waals surface area contributed by atoms with E-state index in [1.54, 1.807) is 24.3 Å². The lowest BCUT2D eigenvalue weighted by Gasteiger charge is -2.26. The molecule has 1 aromatic heterocycles. The second kappa shape index (κ2) is 10.9. The lowest BCUT2D eigenvalue weighted by Crippen LogP contribution is -2.54. The molecule has 9 heteroatoms. The van der Waals surface area contributed by atoms with Crippen molar-refractivity contribution in [1.82, 2.24) is 9.88 Å². The van der Waals surface area contributed by atoms with Crippen LogP contribution in [0.2, 0.25) is 5.02 Å². The Morgan fingerprint density at radius 1 is 0.923 bits per heavy atom. The fourth-order valence-corrected chi connectivity index (χ4v) is 4.89. The van der Waals surface area contributed by atoms with E-state index in [9.17, 15) is 14.4 Å². The summed E-state index contributed by atoms with van der Waals surface area (Å²) in [6.07, 6.45) is 1.52. The highest BCUT2D eigenvalue weighted by molar-refractivity contribution is 9.10. The number of carbonyl (C=O) groups excluding carboxylic acids is 3. The van der Waals surface area contributed by atoms with Gasteiger partial charge in [0, 0.05) is 32.1 Å². The third kappa shape index (κ3) is 5.39. The average Bonchev–Trinajstić information content (AvgIpc) is 3.19. The number of anilines is 1. The molecule has 196 valence electrons. The molecule has 0 aliphatic carbocycles. The standard InChI is InChI=1S/C30H23BrClN3O4/c1-18-15-21(16-26-28(36)33-30(38)35(29(26)37)24-9-7-22(31)8-10-24)19(2)34(18)23-11-13-25(14-12-23)39-17-20-5-3-4-6-27(20)32/h3-16H,17H2,1-2H3,(H,33,36,38)/b26-16+. The van der Waals surface area contributed by atoms with Gasteiger partial charge >= 0.3 is 6.03 Å². The van der Waals surface area contributed by atoms with Crippen molar-refractivity contribution in [1.29, 1.82) is 0 Å². The minimum absolute atomic E-state index is 0.124. The minimum Gasteiger partial charge on any atom is -0.489 e. The summed E-state index contributed by atoms with van der Waals surface area (Å²) in [6, 6.07) is 23.0. The highest BCUT2D eigenvalue weighted by atomic mass is 79.9. The summed E-state index contributed by atoms with van der Waals surface area (Å²) < 4.78 is 8.72. The SMILES string of the molecule is Cc1cc(/C=C2\C(=O)NC(=O)N(c3ccc(Br)cc3)C2=O)c(C)n1-c1ccc(OCc2ccccc2Cl)cc1. The van der Waals surface area contributed by atoms with Crippen LogP contribution >= 0.6 is 27.5 Å². The van der Waals surface area contributed by atoms with E-state index >= 15 is 0 Å². The third-order valence-corrected chi connectivity index (χ3v) is 7.30. The summed E-state index contributed by atoms with van der Waals surface area (Å²) in [5, 5.41) is 2.92. The van der Waals surface area contributed by atoms with Crippen LogP contribution in [0.3, 0.4) is 0 Å². The fourth-order valence-electron chi connectivity index (χ4n) is 4.44. The van der Waals surface area contributed by atoms with E-state index in [-0.39, 0.29) is 5.57 Å². The van der Waals surface area contributed by atoms with Crippen LogP contribution in [0.25, 0.3) is 11.8 Å². The minimum atomic E-state index is -0.785. The number of ether oxygens (including phenoxy) is 1. The molecule has 1 fully saturated rings. The van der Waals surface area contributed by atoms with Gasteiger partial charge in [0.2, 0.25) is 0 Å². The van der Waals surface area contributed by atoms with Gasteiger partial charge in [0.05, 0.1) is 5.69 Å². The number of urea groups is 1. The van der Waals surface area contributed by atoms with E-state index in [0.717, 1.165) is 32.0 Å². The molecule has 1 N–H and O–H groups in total. The number of imide groups is 2. The van der Waals surface area contributed by atoms with Crippen molar-refractivity contribution in [2.24, 2.45) is 0 Å². The fraction of sp³-hybridized carbons (Fsp3) is 0.100. The number of barbiturate groups is 1. The Labute approximate surface area is 238 Å². The quantitative estimate of drug-likeness (QED) is 0.195. The maximum atomic E-state index is 13.3. The molecule has 0 spiro atoms. The van der Waals surface area contributed by atoms with Gasteiger partial charge in [-0.25, -0.2) is 9.69 Å². The number of rotatable bonds is 6. The zero-order valence-electron chi connectivity index (χ0n) is 21.1. The maximum absolute atomic E-state index is 13.3. The molecule has 2 heterocycles. The van der Waals surface area contributed by atoms with Crippen molar-refractivity contribution in [2.45, 2.75) is 20.5 Å². The molecular formula is C30H23BrClN3O4. The van der Waals surface area contributed by atoms with Crippen molar-refractivity contribution in [2.75, 3.05) is 4.90 Å². The van der Waals surface area contributed by atoms with Gasteiger partial charge in [0.15, 0.2) is 0 Å². The Hall–Kier alpha value is -4.14. The molecule has 1 aliphatic rings. The first-order valence-electron chi connectivity index (χ1n) is 12.1.